The zero-order valence-corrected chi connectivity index (χ0v) is 40.1. The highest BCUT2D eigenvalue weighted by atomic mass is 35.5. The summed E-state index contributed by atoms with van der Waals surface area (Å²) in [5, 5.41) is 25.9. The molecule has 1 atom stereocenters. The van der Waals surface area contributed by atoms with E-state index in [1.165, 1.54) is 74.9 Å². The van der Waals surface area contributed by atoms with E-state index in [9.17, 15) is 19.8 Å². The molecule has 6 heterocycles. The van der Waals surface area contributed by atoms with Gasteiger partial charge in [0.15, 0.2) is 0 Å². The summed E-state index contributed by atoms with van der Waals surface area (Å²) < 4.78 is 15.9. The molecule has 350 valence electrons. The number of halogens is 1. The van der Waals surface area contributed by atoms with Gasteiger partial charge in [-0.25, -0.2) is 9.59 Å². The number of carbonyl (C=O) groups is 2. The number of fused-ring (bicyclic) bond motifs is 8. The fraction of sp³-hybridized carbons (Fsp3) is 0.404. The molecule has 0 bridgehead atoms. The monoisotopic (exact) mass is 929 g/mol. The lowest BCUT2D eigenvalue weighted by Crippen LogP contribution is -2.29. The van der Waals surface area contributed by atoms with Crippen molar-refractivity contribution in [3.8, 4) is 28.3 Å². The number of rotatable bonds is 9. The molecule has 2 fully saturated rings. The number of nitrogens with zero attached hydrogens (tertiary/aromatic N) is 5. The van der Waals surface area contributed by atoms with Crippen LogP contribution < -0.4 is 4.74 Å². The number of methoxy groups -OCH3 is 1. The van der Waals surface area contributed by atoms with E-state index in [4.69, 9.17) is 16.3 Å². The molecule has 2 aliphatic heterocycles. The Bertz CT molecular complexity index is 3340. The van der Waals surface area contributed by atoms with Crippen molar-refractivity contribution in [3.63, 3.8) is 0 Å². The molecule has 2 N–H and O–H groups in total. The molecule has 0 saturated heterocycles. The van der Waals surface area contributed by atoms with Gasteiger partial charge in [0.1, 0.15) is 5.75 Å². The number of carboxylic acids is 2. The fourth-order valence-corrected chi connectivity index (χ4v) is 13.8. The third-order valence-corrected chi connectivity index (χ3v) is 17.1. The summed E-state index contributed by atoms with van der Waals surface area (Å²) in [7, 11) is 3.91. The van der Waals surface area contributed by atoms with E-state index in [0.29, 0.717) is 23.0 Å². The van der Waals surface area contributed by atoms with Crippen molar-refractivity contribution >= 4 is 67.2 Å². The van der Waals surface area contributed by atoms with Crippen molar-refractivity contribution in [2.24, 2.45) is 11.8 Å². The second-order valence-electron chi connectivity index (χ2n) is 20.5. The molecular formula is C57H60ClN5O5. The Morgan fingerprint density at radius 2 is 1.34 bits per heavy atom. The Hall–Kier alpha value is -5.97. The Morgan fingerprint density at radius 3 is 2.01 bits per heavy atom. The standard InChI is InChI=1S/C57H60ClN5O5/c1-4-59(2)29-39-31-60-24-8-25-62-46-27-36(56(64)65)15-17-40(46)50(54(62)44-19-21-45(58)51(39)53(44)60)35-13-11-33(12-14-35)38-30-61-26-23-42-48(68-3)22-20-43(52(42)61)55-49(34-9-6-5-7-10-34)41-18-16-37(57(66)67)28-47(41)63(55)32-38/h15-23,26-28,31,33-35,38H,4-14,24-25,29-30,32H2,1-3H3,(H,64,65)(H,66,67). The molecule has 12 rings (SSSR count). The van der Waals surface area contributed by atoms with Crippen molar-refractivity contribution in [1.29, 1.82) is 0 Å². The van der Waals surface area contributed by atoms with Crippen LogP contribution in [0.1, 0.15) is 120 Å². The molecule has 2 aliphatic carbocycles. The predicted molar refractivity (Wildman–Crippen MR) is 272 cm³/mol. The van der Waals surface area contributed by atoms with E-state index < -0.39 is 11.9 Å². The first kappa shape index (κ1) is 43.3. The number of aryl methyl sites for hydroxylation is 2. The SMILES string of the molecule is CCN(C)Cc1cn2c3c(ccc(Cl)c13)-c1c(C3CCC(C4Cn5ccc6c(OC)ccc(c65)-c5c(C6CCCCC6)c6ccc(C(=O)O)cc6n5C4)CC3)c3ccc(C(=O)O)cc3n1CCC2. The number of ether oxygens (including phenoxy) is 1. The molecule has 1 unspecified atom stereocenters. The smallest absolute Gasteiger partial charge is 0.335 e. The van der Waals surface area contributed by atoms with Gasteiger partial charge in [0.05, 0.1) is 45.7 Å². The summed E-state index contributed by atoms with van der Waals surface area (Å²) in [4.78, 5) is 27.4. The van der Waals surface area contributed by atoms with Gasteiger partial charge in [-0.05, 0) is 153 Å². The van der Waals surface area contributed by atoms with Crippen molar-refractivity contribution in [2.45, 2.75) is 116 Å². The zero-order chi connectivity index (χ0) is 46.5. The van der Waals surface area contributed by atoms with E-state index >= 15 is 0 Å². The van der Waals surface area contributed by atoms with Crippen LogP contribution in [0.5, 0.6) is 5.75 Å². The van der Waals surface area contributed by atoms with E-state index in [-0.39, 0.29) is 11.8 Å². The molecule has 2 saturated carbocycles. The van der Waals surface area contributed by atoms with Gasteiger partial charge in [-0.2, -0.15) is 0 Å². The quantitative estimate of drug-likeness (QED) is 0.149. The predicted octanol–water partition coefficient (Wildman–Crippen LogP) is 13.4. The Labute approximate surface area is 401 Å². The van der Waals surface area contributed by atoms with Crippen LogP contribution in [0.2, 0.25) is 5.02 Å². The van der Waals surface area contributed by atoms with Crippen molar-refractivity contribution in [2.75, 3.05) is 20.7 Å². The molecule has 10 nitrogen and oxygen atoms in total. The average molecular weight is 931 g/mol. The molecule has 0 radical (unpaired) electrons. The van der Waals surface area contributed by atoms with Gasteiger partial charge in [-0.1, -0.05) is 49.9 Å². The van der Waals surface area contributed by atoms with Gasteiger partial charge in [0.2, 0.25) is 0 Å². The number of aromatic nitrogens is 4. The van der Waals surface area contributed by atoms with Crippen LogP contribution in [0.15, 0.2) is 79.1 Å². The van der Waals surface area contributed by atoms with Gasteiger partial charge in [-0.15, -0.1) is 0 Å². The summed E-state index contributed by atoms with van der Waals surface area (Å²) in [6, 6.07) is 22.5. The number of hydrogen-bond donors (Lipinski definition) is 2. The van der Waals surface area contributed by atoms with Gasteiger partial charge in [0, 0.05) is 88.8 Å². The highest BCUT2D eigenvalue weighted by Gasteiger charge is 2.37. The number of carboxylic acid groups (broad SMARTS) is 2. The number of hydrogen-bond acceptors (Lipinski definition) is 4. The van der Waals surface area contributed by atoms with Crippen molar-refractivity contribution in [1.82, 2.24) is 23.2 Å². The third-order valence-electron chi connectivity index (χ3n) is 16.8. The first-order valence-electron chi connectivity index (χ1n) is 25.1. The van der Waals surface area contributed by atoms with Crippen LogP contribution in [-0.2, 0) is 32.7 Å². The second-order valence-corrected chi connectivity index (χ2v) is 20.9. The molecule has 0 amide bonds. The molecule has 8 aromatic rings. The maximum absolute atomic E-state index is 12.6. The molecule has 4 aromatic carbocycles. The average Bonchev–Trinajstić information content (AvgIpc) is 4.10. The normalized spacial score (nSPS) is 19.8. The van der Waals surface area contributed by atoms with E-state index in [1.807, 2.05) is 18.2 Å². The van der Waals surface area contributed by atoms with Gasteiger partial charge in [0.25, 0.3) is 0 Å². The van der Waals surface area contributed by atoms with E-state index in [1.54, 1.807) is 13.2 Å². The third kappa shape index (κ3) is 6.83. The zero-order valence-electron chi connectivity index (χ0n) is 39.4. The summed E-state index contributed by atoms with van der Waals surface area (Å²) in [5.74, 6) is 0.456. The Balaban J connectivity index is 0.978. The largest absolute Gasteiger partial charge is 0.496 e. The van der Waals surface area contributed by atoms with Crippen LogP contribution in [0.25, 0.3) is 66.1 Å². The van der Waals surface area contributed by atoms with Gasteiger partial charge in [-0.3, -0.25) is 0 Å². The lowest BCUT2D eigenvalue weighted by Gasteiger charge is -2.37. The Morgan fingerprint density at radius 1 is 0.691 bits per heavy atom. The van der Waals surface area contributed by atoms with E-state index in [0.717, 1.165) is 122 Å². The van der Waals surface area contributed by atoms with Crippen molar-refractivity contribution in [3.05, 3.63) is 112 Å². The highest BCUT2D eigenvalue weighted by molar-refractivity contribution is 6.36. The summed E-state index contributed by atoms with van der Waals surface area (Å²) >= 11 is 7.16. The van der Waals surface area contributed by atoms with Crippen LogP contribution in [0.4, 0.5) is 0 Å². The van der Waals surface area contributed by atoms with Gasteiger partial charge < -0.3 is 38.1 Å². The van der Waals surface area contributed by atoms with Crippen molar-refractivity contribution < 1.29 is 24.5 Å². The minimum atomic E-state index is -0.910. The number of benzene rings is 4. The maximum atomic E-state index is 12.6. The van der Waals surface area contributed by atoms with Crippen LogP contribution >= 0.6 is 11.6 Å². The lowest BCUT2D eigenvalue weighted by molar-refractivity contribution is 0.0686. The maximum Gasteiger partial charge on any atom is 0.335 e. The first-order valence-corrected chi connectivity index (χ1v) is 25.4. The number of aromatic carboxylic acids is 2. The minimum absolute atomic E-state index is 0.274. The summed E-state index contributed by atoms with van der Waals surface area (Å²) in [6.07, 6.45) is 15.6. The highest BCUT2D eigenvalue weighted by Crippen LogP contribution is 2.52. The van der Waals surface area contributed by atoms with Crippen LogP contribution in [-0.4, -0.2) is 66.0 Å². The van der Waals surface area contributed by atoms with Gasteiger partial charge >= 0.3 is 11.9 Å². The lowest BCUT2D eigenvalue weighted by atomic mass is 9.72. The molecule has 11 heteroatoms. The fourth-order valence-electron chi connectivity index (χ4n) is 13.6. The Kier molecular flexibility index (Phi) is 10.8. The minimum Gasteiger partial charge on any atom is -0.496 e. The molecular weight excluding hydrogens is 870 g/mol. The molecule has 68 heavy (non-hydrogen) atoms. The summed E-state index contributed by atoms with van der Waals surface area (Å²) in [6.45, 7) is 7.22. The first-order chi connectivity index (χ1) is 33.1. The van der Waals surface area contributed by atoms with E-state index in [2.05, 4.69) is 92.0 Å². The van der Waals surface area contributed by atoms with Crippen LogP contribution in [0, 0.1) is 11.8 Å². The van der Waals surface area contributed by atoms with Crippen LogP contribution in [0.3, 0.4) is 0 Å². The molecule has 4 aliphatic rings. The topological polar surface area (TPSA) is 107 Å². The molecule has 0 spiro atoms. The molecule has 4 aromatic heterocycles. The second kappa shape index (κ2) is 16.9. The summed E-state index contributed by atoms with van der Waals surface area (Å²) in [5.41, 5.74) is 13.8.